The molecule has 0 bridgehead atoms. The summed E-state index contributed by atoms with van der Waals surface area (Å²) in [5, 5.41) is 9.34. The molecular weight excluding hydrogens is 231 g/mol. The van der Waals surface area contributed by atoms with Gasteiger partial charge in [-0.25, -0.2) is 0 Å². The third-order valence-corrected chi connectivity index (χ3v) is 2.93. The van der Waals surface area contributed by atoms with Gasteiger partial charge in [0.05, 0.1) is 11.7 Å². The summed E-state index contributed by atoms with van der Waals surface area (Å²) in [5.41, 5.74) is 0.217. The van der Waals surface area contributed by atoms with Crippen LogP contribution in [0.3, 0.4) is 0 Å². The maximum Gasteiger partial charge on any atom is 0.416 e. The molecule has 2 nitrogen and oxygen atoms in total. The number of alkyl halides is 3. The first-order chi connectivity index (χ1) is 7.95. The van der Waals surface area contributed by atoms with Gasteiger partial charge in [0.2, 0.25) is 0 Å². The summed E-state index contributed by atoms with van der Waals surface area (Å²) >= 11 is 0. The predicted molar refractivity (Wildman–Crippen MR) is 57.3 cm³/mol. The molecule has 0 amide bonds. The Morgan fingerprint density at radius 3 is 2.35 bits per heavy atom. The first kappa shape index (κ1) is 12.4. The van der Waals surface area contributed by atoms with Crippen LogP contribution in [0.4, 0.5) is 13.2 Å². The van der Waals surface area contributed by atoms with E-state index in [0.717, 1.165) is 30.7 Å². The lowest BCUT2D eigenvalue weighted by Crippen LogP contribution is -2.21. The third-order valence-electron chi connectivity index (χ3n) is 2.93. The van der Waals surface area contributed by atoms with E-state index >= 15 is 0 Å². The van der Waals surface area contributed by atoms with Gasteiger partial charge < -0.3 is 5.11 Å². The van der Waals surface area contributed by atoms with Crippen LogP contribution in [0.1, 0.15) is 17.5 Å². The minimum absolute atomic E-state index is 0.301. The van der Waals surface area contributed by atoms with E-state index in [1.54, 1.807) is 0 Å². The lowest BCUT2D eigenvalue weighted by atomic mass is 10.1. The second-order valence-corrected chi connectivity index (χ2v) is 4.37. The van der Waals surface area contributed by atoms with Crippen molar-refractivity contribution in [3.05, 3.63) is 35.4 Å². The zero-order valence-electron chi connectivity index (χ0n) is 9.24. The highest BCUT2D eigenvalue weighted by Crippen LogP contribution is 2.29. The minimum Gasteiger partial charge on any atom is -0.392 e. The van der Waals surface area contributed by atoms with E-state index in [2.05, 4.69) is 0 Å². The van der Waals surface area contributed by atoms with E-state index in [1.807, 2.05) is 4.90 Å². The van der Waals surface area contributed by atoms with Gasteiger partial charge in [0.15, 0.2) is 0 Å². The van der Waals surface area contributed by atoms with E-state index in [0.29, 0.717) is 13.1 Å². The van der Waals surface area contributed by atoms with Gasteiger partial charge in [-0.2, -0.15) is 13.2 Å². The molecule has 0 spiro atoms. The quantitative estimate of drug-likeness (QED) is 0.864. The molecule has 1 heterocycles. The molecule has 94 valence electrons. The fourth-order valence-corrected chi connectivity index (χ4v) is 2.01. The molecule has 1 saturated heterocycles. The van der Waals surface area contributed by atoms with Crippen LogP contribution in [0, 0.1) is 0 Å². The Morgan fingerprint density at radius 2 is 1.88 bits per heavy atom. The monoisotopic (exact) mass is 245 g/mol. The molecule has 1 aromatic carbocycles. The highest BCUT2D eigenvalue weighted by atomic mass is 19.4. The smallest absolute Gasteiger partial charge is 0.392 e. The Morgan fingerprint density at radius 1 is 1.24 bits per heavy atom. The number of β-amino-alcohol motifs (C(OH)–C–C–N with tert-alkyl or cyclic N) is 1. The minimum atomic E-state index is -4.28. The number of aliphatic hydroxyl groups is 1. The maximum atomic E-state index is 12.3. The van der Waals surface area contributed by atoms with Gasteiger partial charge in [-0.3, -0.25) is 4.90 Å². The molecule has 1 aromatic rings. The third kappa shape index (κ3) is 3.20. The Hall–Kier alpha value is -1.07. The molecule has 0 unspecified atom stereocenters. The van der Waals surface area contributed by atoms with Gasteiger partial charge in [-0.1, -0.05) is 12.1 Å². The number of hydrogen-bond acceptors (Lipinski definition) is 2. The summed E-state index contributed by atoms with van der Waals surface area (Å²) in [6.45, 7) is 1.98. The molecule has 0 aromatic heterocycles. The number of rotatable bonds is 2. The van der Waals surface area contributed by atoms with Crippen molar-refractivity contribution in [1.29, 1.82) is 0 Å². The van der Waals surface area contributed by atoms with Gasteiger partial charge >= 0.3 is 6.18 Å². The summed E-state index contributed by atoms with van der Waals surface area (Å²) in [6.07, 6.45) is -3.84. The fraction of sp³-hybridized carbons (Fsp3) is 0.500. The van der Waals surface area contributed by atoms with Crippen LogP contribution in [-0.4, -0.2) is 29.2 Å². The van der Waals surface area contributed by atoms with Gasteiger partial charge in [-0.05, 0) is 24.1 Å². The number of likely N-dealkylation sites (tertiary alicyclic amines) is 1. The first-order valence-electron chi connectivity index (χ1n) is 5.52. The van der Waals surface area contributed by atoms with Crippen molar-refractivity contribution in [1.82, 2.24) is 4.90 Å². The lowest BCUT2D eigenvalue weighted by molar-refractivity contribution is -0.137. The van der Waals surface area contributed by atoms with Crippen LogP contribution >= 0.6 is 0 Å². The van der Waals surface area contributed by atoms with Gasteiger partial charge in [-0.15, -0.1) is 0 Å². The van der Waals surface area contributed by atoms with Crippen molar-refractivity contribution < 1.29 is 18.3 Å². The molecule has 17 heavy (non-hydrogen) atoms. The van der Waals surface area contributed by atoms with Gasteiger partial charge in [0.1, 0.15) is 0 Å². The number of hydrogen-bond donors (Lipinski definition) is 1. The summed E-state index contributed by atoms with van der Waals surface area (Å²) in [6, 6.07) is 5.19. The molecule has 5 heteroatoms. The predicted octanol–water partition coefficient (Wildman–Crippen LogP) is 2.27. The molecule has 1 fully saturated rings. The fourth-order valence-electron chi connectivity index (χ4n) is 2.01. The molecule has 2 rings (SSSR count). The van der Waals surface area contributed by atoms with Crippen molar-refractivity contribution in [2.24, 2.45) is 0 Å². The number of benzene rings is 1. The van der Waals surface area contributed by atoms with Crippen LogP contribution in [0.5, 0.6) is 0 Å². The van der Waals surface area contributed by atoms with Gasteiger partial charge in [0.25, 0.3) is 0 Å². The second-order valence-electron chi connectivity index (χ2n) is 4.37. The number of halogens is 3. The van der Waals surface area contributed by atoms with E-state index in [1.165, 1.54) is 12.1 Å². The first-order valence-corrected chi connectivity index (χ1v) is 5.52. The maximum absolute atomic E-state index is 12.3. The summed E-state index contributed by atoms with van der Waals surface area (Å²) in [7, 11) is 0. The standard InChI is InChI=1S/C12H14F3NO/c13-12(14,15)10-3-1-9(2-4-10)7-16-6-5-11(17)8-16/h1-4,11,17H,5-8H2/t11-/m1/s1. The van der Waals surface area contributed by atoms with Crippen molar-refractivity contribution in [3.8, 4) is 0 Å². The zero-order valence-corrected chi connectivity index (χ0v) is 9.24. The van der Waals surface area contributed by atoms with Crippen molar-refractivity contribution in [3.63, 3.8) is 0 Å². The molecule has 0 radical (unpaired) electrons. The van der Waals surface area contributed by atoms with E-state index in [4.69, 9.17) is 0 Å². The molecule has 1 N–H and O–H groups in total. The highest BCUT2D eigenvalue weighted by molar-refractivity contribution is 5.24. The highest BCUT2D eigenvalue weighted by Gasteiger charge is 2.30. The Kier molecular flexibility index (Phi) is 3.40. The van der Waals surface area contributed by atoms with E-state index < -0.39 is 11.7 Å². The number of nitrogens with zero attached hydrogens (tertiary/aromatic N) is 1. The van der Waals surface area contributed by atoms with Crippen molar-refractivity contribution >= 4 is 0 Å². The zero-order chi connectivity index (χ0) is 12.5. The second kappa shape index (κ2) is 4.66. The largest absolute Gasteiger partial charge is 0.416 e. The summed E-state index contributed by atoms with van der Waals surface area (Å²) in [5.74, 6) is 0. The van der Waals surface area contributed by atoms with Crippen LogP contribution in [-0.2, 0) is 12.7 Å². The Balaban J connectivity index is 1.99. The molecule has 1 aliphatic rings. The topological polar surface area (TPSA) is 23.5 Å². The van der Waals surface area contributed by atoms with E-state index in [-0.39, 0.29) is 6.10 Å². The average Bonchev–Trinajstić information content (AvgIpc) is 2.63. The van der Waals surface area contributed by atoms with Crippen LogP contribution in [0.25, 0.3) is 0 Å². The van der Waals surface area contributed by atoms with E-state index in [9.17, 15) is 18.3 Å². The summed E-state index contributed by atoms with van der Waals surface area (Å²) < 4.78 is 37.0. The average molecular weight is 245 g/mol. The number of aliphatic hydroxyl groups excluding tert-OH is 1. The van der Waals surface area contributed by atoms with Crippen molar-refractivity contribution in [2.75, 3.05) is 13.1 Å². The Labute approximate surface area is 97.7 Å². The van der Waals surface area contributed by atoms with Crippen molar-refractivity contribution in [2.45, 2.75) is 25.2 Å². The van der Waals surface area contributed by atoms with Crippen LogP contribution in [0.2, 0.25) is 0 Å². The van der Waals surface area contributed by atoms with Crippen LogP contribution in [0.15, 0.2) is 24.3 Å². The molecular formula is C12H14F3NO. The molecule has 0 aliphatic carbocycles. The molecule has 0 saturated carbocycles. The normalized spacial score (nSPS) is 22.0. The molecule has 1 atom stereocenters. The lowest BCUT2D eigenvalue weighted by Gasteiger charge is -2.15. The summed E-state index contributed by atoms with van der Waals surface area (Å²) in [4.78, 5) is 2.03. The molecule has 1 aliphatic heterocycles. The van der Waals surface area contributed by atoms with Crippen LogP contribution < -0.4 is 0 Å². The SMILES string of the molecule is O[C@@H]1CCN(Cc2ccc(C(F)(F)F)cc2)C1. The Bertz CT molecular complexity index is 374. The van der Waals surface area contributed by atoms with Gasteiger partial charge in [0, 0.05) is 19.6 Å².